The Morgan fingerprint density at radius 1 is 1.37 bits per heavy atom. The number of aromatic nitrogens is 3. The smallest absolute Gasteiger partial charge is 0.123 e. The summed E-state index contributed by atoms with van der Waals surface area (Å²) in [5.74, 6) is -0.217. The zero-order valence-corrected chi connectivity index (χ0v) is 11.4. The van der Waals surface area contributed by atoms with E-state index in [9.17, 15) is 4.39 Å². The Bertz CT molecular complexity index is 536. The van der Waals surface area contributed by atoms with Crippen molar-refractivity contribution >= 4 is 0 Å². The Hall–Kier alpha value is -1.75. The largest absolute Gasteiger partial charge is 0.311 e. The van der Waals surface area contributed by atoms with Gasteiger partial charge in [0.1, 0.15) is 5.82 Å². The average Bonchev–Trinajstić information content (AvgIpc) is 2.82. The van der Waals surface area contributed by atoms with E-state index in [1.54, 1.807) is 16.8 Å². The van der Waals surface area contributed by atoms with E-state index >= 15 is 0 Å². The first kappa shape index (κ1) is 13.7. The standard InChI is InChI=1S/C14H19FN4/c1-3-6-16-8-14-10-19(18-17-14)9-12-7-13(15)5-4-11(12)2/h4-5,7,10,16H,3,6,8-9H2,1-2H3. The van der Waals surface area contributed by atoms with Crippen LogP contribution in [0, 0.1) is 12.7 Å². The summed E-state index contributed by atoms with van der Waals surface area (Å²) in [4.78, 5) is 0. The molecule has 0 aliphatic carbocycles. The third-order valence-electron chi connectivity index (χ3n) is 2.96. The second-order valence-electron chi connectivity index (χ2n) is 4.66. The van der Waals surface area contributed by atoms with Crippen LogP contribution in [0.25, 0.3) is 0 Å². The second-order valence-corrected chi connectivity index (χ2v) is 4.66. The Kier molecular flexibility index (Phi) is 4.63. The molecule has 102 valence electrons. The maximum Gasteiger partial charge on any atom is 0.123 e. The summed E-state index contributed by atoms with van der Waals surface area (Å²) in [7, 11) is 0. The Morgan fingerprint density at radius 2 is 2.21 bits per heavy atom. The van der Waals surface area contributed by atoms with E-state index in [1.807, 2.05) is 13.1 Å². The molecule has 0 saturated carbocycles. The van der Waals surface area contributed by atoms with Crippen molar-refractivity contribution in [3.8, 4) is 0 Å². The summed E-state index contributed by atoms with van der Waals surface area (Å²) in [5, 5.41) is 11.4. The summed E-state index contributed by atoms with van der Waals surface area (Å²) in [6.07, 6.45) is 2.99. The lowest BCUT2D eigenvalue weighted by atomic mass is 10.1. The van der Waals surface area contributed by atoms with Gasteiger partial charge in [0.25, 0.3) is 0 Å². The number of rotatable bonds is 6. The van der Waals surface area contributed by atoms with Crippen molar-refractivity contribution in [1.29, 1.82) is 0 Å². The molecule has 0 amide bonds. The van der Waals surface area contributed by atoms with Gasteiger partial charge in [-0.1, -0.05) is 18.2 Å². The lowest BCUT2D eigenvalue weighted by molar-refractivity contribution is 0.612. The van der Waals surface area contributed by atoms with Gasteiger partial charge in [-0.2, -0.15) is 0 Å². The number of nitrogens with one attached hydrogen (secondary N) is 1. The summed E-state index contributed by atoms with van der Waals surface area (Å²) in [5.41, 5.74) is 2.89. The zero-order chi connectivity index (χ0) is 13.7. The molecular weight excluding hydrogens is 243 g/mol. The second kappa shape index (κ2) is 6.43. The van der Waals surface area contributed by atoms with Crippen molar-refractivity contribution in [3.63, 3.8) is 0 Å². The first-order valence-electron chi connectivity index (χ1n) is 6.54. The molecule has 0 aliphatic rings. The van der Waals surface area contributed by atoms with Crippen molar-refractivity contribution in [2.75, 3.05) is 6.54 Å². The Morgan fingerprint density at radius 3 is 3.00 bits per heavy atom. The van der Waals surface area contributed by atoms with Gasteiger partial charge in [-0.25, -0.2) is 9.07 Å². The van der Waals surface area contributed by atoms with Crippen molar-refractivity contribution in [2.24, 2.45) is 0 Å². The summed E-state index contributed by atoms with van der Waals surface area (Å²) in [6.45, 7) is 6.32. The van der Waals surface area contributed by atoms with Gasteiger partial charge in [0.05, 0.1) is 18.4 Å². The molecule has 1 aromatic carbocycles. The molecule has 0 radical (unpaired) electrons. The van der Waals surface area contributed by atoms with Gasteiger partial charge in [-0.15, -0.1) is 5.10 Å². The molecular formula is C14H19FN4. The highest BCUT2D eigenvalue weighted by Gasteiger charge is 2.04. The molecule has 1 N–H and O–H groups in total. The molecule has 2 rings (SSSR count). The molecule has 2 aromatic rings. The maximum absolute atomic E-state index is 13.2. The quantitative estimate of drug-likeness (QED) is 0.812. The van der Waals surface area contributed by atoms with E-state index in [0.717, 1.165) is 36.3 Å². The number of hydrogen-bond donors (Lipinski definition) is 1. The van der Waals surface area contributed by atoms with Crippen LogP contribution in [0.4, 0.5) is 4.39 Å². The minimum absolute atomic E-state index is 0.217. The minimum Gasteiger partial charge on any atom is -0.311 e. The van der Waals surface area contributed by atoms with Crippen LogP contribution in [0.15, 0.2) is 24.4 Å². The van der Waals surface area contributed by atoms with E-state index in [4.69, 9.17) is 0 Å². The first-order valence-corrected chi connectivity index (χ1v) is 6.54. The van der Waals surface area contributed by atoms with Crippen LogP contribution in [-0.2, 0) is 13.1 Å². The average molecular weight is 262 g/mol. The number of hydrogen-bond acceptors (Lipinski definition) is 3. The number of nitrogens with zero attached hydrogens (tertiary/aromatic N) is 3. The summed E-state index contributed by atoms with van der Waals surface area (Å²) < 4.78 is 14.9. The van der Waals surface area contributed by atoms with Crippen LogP contribution in [-0.4, -0.2) is 21.5 Å². The number of halogens is 1. The third-order valence-corrected chi connectivity index (χ3v) is 2.96. The lowest BCUT2D eigenvalue weighted by Crippen LogP contribution is -2.13. The molecule has 0 spiro atoms. The van der Waals surface area contributed by atoms with Gasteiger partial charge in [-0.05, 0) is 43.1 Å². The molecule has 4 nitrogen and oxygen atoms in total. The predicted molar refractivity (Wildman–Crippen MR) is 72.3 cm³/mol. The summed E-state index contributed by atoms with van der Waals surface area (Å²) in [6, 6.07) is 4.80. The van der Waals surface area contributed by atoms with Crippen LogP contribution in [0.1, 0.15) is 30.2 Å². The Labute approximate surface area is 112 Å². The highest BCUT2D eigenvalue weighted by Crippen LogP contribution is 2.11. The van der Waals surface area contributed by atoms with E-state index in [1.165, 1.54) is 6.07 Å². The van der Waals surface area contributed by atoms with Gasteiger partial charge in [0, 0.05) is 6.54 Å². The van der Waals surface area contributed by atoms with Gasteiger partial charge in [0.15, 0.2) is 0 Å². The van der Waals surface area contributed by atoms with Gasteiger partial charge in [0.2, 0.25) is 0 Å². The fourth-order valence-electron chi connectivity index (χ4n) is 1.87. The predicted octanol–water partition coefficient (Wildman–Crippen LogP) is 2.27. The molecule has 0 saturated heterocycles. The third kappa shape index (κ3) is 3.86. The van der Waals surface area contributed by atoms with Crippen molar-refractivity contribution in [1.82, 2.24) is 20.3 Å². The highest BCUT2D eigenvalue weighted by molar-refractivity contribution is 5.26. The van der Waals surface area contributed by atoms with Gasteiger partial charge >= 0.3 is 0 Å². The van der Waals surface area contributed by atoms with Crippen molar-refractivity contribution < 1.29 is 4.39 Å². The molecule has 19 heavy (non-hydrogen) atoms. The fourth-order valence-corrected chi connectivity index (χ4v) is 1.87. The molecule has 1 aromatic heterocycles. The molecule has 0 unspecified atom stereocenters. The van der Waals surface area contributed by atoms with Gasteiger partial charge < -0.3 is 5.32 Å². The lowest BCUT2D eigenvalue weighted by Gasteiger charge is -2.05. The molecule has 0 bridgehead atoms. The minimum atomic E-state index is -0.217. The van der Waals surface area contributed by atoms with Crippen LogP contribution >= 0.6 is 0 Å². The molecule has 0 aliphatic heterocycles. The maximum atomic E-state index is 13.2. The summed E-state index contributed by atoms with van der Waals surface area (Å²) >= 11 is 0. The van der Waals surface area contributed by atoms with E-state index in [-0.39, 0.29) is 5.82 Å². The van der Waals surface area contributed by atoms with E-state index in [0.29, 0.717) is 6.54 Å². The molecule has 1 heterocycles. The number of benzene rings is 1. The number of aryl methyl sites for hydroxylation is 1. The molecule has 0 fully saturated rings. The topological polar surface area (TPSA) is 42.7 Å². The SMILES string of the molecule is CCCNCc1cn(Cc2cc(F)ccc2C)nn1. The normalized spacial score (nSPS) is 10.9. The van der Waals surface area contributed by atoms with Crippen molar-refractivity contribution in [2.45, 2.75) is 33.4 Å². The molecule has 0 atom stereocenters. The van der Waals surface area contributed by atoms with Crippen LogP contribution in [0.5, 0.6) is 0 Å². The van der Waals surface area contributed by atoms with Gasteiger partial charge in [-0.3, -0.25) is 0 Å². The van der Waals surface area contributed by atoms with Crippen LogP contribution < -0.4 is 5.32 Å². The van der Waals surface area contributed by atoms with Crippen molar-refractivity contribution in [3.05, 3.63) is 47.0 Å². The highest BCUT2D eigenvalue weighted by atomic mass is 19.1. The monoisotopic (exact) mass is 262 g/mol. The molecule has 5 heteroatoms. The van der Waals surface area contributed by atoms with E-state index < -0.39 is 0 Å². The van der Waals surface area contributed by atoms with Crippen LogP contribution in [0.3, 0.4) is 0 Å². The Balaban J connectivity index is 2.01. The zero-order valence-electron chi connectivity index (χ0n) is 11.4. The first-order chi connectivity index (χ1) is 9.19. The van der Waals surface area contributed by atoms with E-state index in [2.05, 4.69) is 22.6 Å². The fraction of sp³-hybridized carbons (Fsp3) is 0.429. The van der Waals surface area contributed by atoms with Crippen LogP contribution in [0.2, 0.25) is 0 Å².